The molecule has 0 atom stereocenters. The first-order valence-electron chi connectivity index (χ1n) is 5.29. The van der Waals surface area contributed by atoms with Crippen LogP contribution in [0.4, 0.5) is 0 Å². The standard InChI is InChI=1S/C10H17N.C2H6/c1-7(2)9-5-11-6-10(9)8(3)4;1-2/h5-8,11H,1-4H3;1-2H3. The van der Waals surface area contributed by atoms with Gasteiger partial charge >= 0.3 is 0 Å². The molecular weight excluding hydrogens is 158 g/mol. The van der Waals surface area contributed by atoms with Crippen molar-refractivity contribution >= 4 is 0 Å². The Labute approximate surface area is 82.6 Å². The van der Waals surface area contributed by atoms with Crippen molar-refractivity contribution in [2.24, 2.45) is 0 Å². The summed E-state index contributed by atoms with van der Waals surface area (Å²) in [5.74, 6) is 1.28. The molecule has 1 heterocycles. The van der Waals surface area contributed by atoms with Crippen LogP contribution < -0.4 is 0 Å². The van der Waals surface area contributed by atoms with Crippen molar-refractivity contribution in [2.75, 3.05) is 0 Å². The highest BCUT2D eigenvalue weighted by molar-refractivity contribution is 5.28. The Morgan fingerprint density at radius 1 is 0.846 bits per heavy atom. The summed E-state index contributed by atoms with van der Waals surface area (Å²) < 4.78 is 0. The first-order valence-corrected chi connectivity index (χ1v) is 5.29. The Morgan fingerprint density at radius 3 is 1.38 bits per heavy atom. The summed E-state index contributed by atoms with van der Waals surface area (Å²) in [7, 11) is 0. The normalized spacial score (nSPS) is 10.2. The van der Waals surface area contributed by atoms with Crippen LogP contribution in [0.25, 0.3) is 0 Å². The highest BCUT2D eigenvalue weighted by Gasteiger charge is 2.09. The Balaban J connectivity index is 0.000000671. The number of hydrogen-bond acceptors (Lipinski definition) is 0. The summed E-state index contributed by atoms with van der Waals surface area (Å²) in [6.45, 7) is 12.9. The summed E-state index contributed by atoms with van der Waals surface area (Å²) in [6, 6.07) is 0. The molecule has 0 aromatic carbocycles. The average molecular weight is 181 g/mol. The van der Waals surface area contributed by atoms with E-state index in [0.717, 1.165) is 0 Å². The van der Waals surface area contributed by atoms with E-state index < -0.39 is 0 Å². The molecule has 0 saturated heterocycles. The molecule has 1 rings (SSSR count). The number of rotatable bonds is 2. The molecule has 0 aliphatic rings. The molecule has 0 radical (unpaired) electrons. The molecule has 1 N–H and O–H groups in total. The van der Waals surface area contributed by atoms with Gasteiger partial charge in [-0.3, -0.25) is 0 Å². The quantitative estimate of drug-likeness (QED) is 0.700. The van der Waals surface area contributed by atoms with Crippen molar-refractivity contribution in [1.82, 2.24) is 4.98 Å². The maximum atomic E-state index is 3.16. The highest BCUT2D eigenvalue weighted by Crippen LogP contribution is 2.24. The van der Waals surface area contributed by atoms with E-state index in [-0.39, 0.29) is 0 Å². The lowest BCUT2D eigenvalue weighted by Gasteiger charge is -2.08. The van der Waals surface area contributed by atoms with Crippen LogP contribution in [0.5, 0.6) is 0 Å². The fourth-order valence-electron chi connectivity index (χ4n) is 1.39. The van der Waals surface area contributed by atoms with E-state index in [2.05, 4.69) is 45.1 Å². The summed E-state index contributed by atoms with van der Waals surface area (Å²) in [4.78, 5) is 3.16. The van der Waals surface area contributed by atoms with E-state index in [1.54, 1.807) is 0 Å². The van der Waals surface area contributed by atoms with E-state index in [0.29, 0.717) is 11.8 Å². The molecule has 13 heavy (non-hydrogen) atoms. The van der Waals surface area contributed by atoms with Gasteiger partial charge in [0.05, 0.1) is 0 Å². The van der Waals surface area contributed by atoms with Gasteiger partial charge in [-0.1, -0.05) is 41.5 Å². The van der Waals surface area contributed by atoms with Crippen LogP contribution in [-0.4, -0.2) is 4.98 Å². The van der Waals surface area contributed by atoms with Crippen LogP contribution in [0.2, 0.25) is 0 Å². The molecule has 0 amide bonds. The largest absolute Gasteiger partial charge is 0.367 e. The molecule has 1 aromatic rings. The van der Waals surface area contributed by atoms with Gasteiger partial charge in [-0.05, 0) is 23.0 Å². The SMILES string of the molecule is CC.CC(C)c1c[nH]cc1C(C)C. The molecule has 0 bridgehead atoms. The topological polar surface area (TPSA) is 15.8 Å². The fourth-order valence-corrected chi connectivity index (χ4v) is 1.39. The first kappa shape index (κ1) is 12.3. The van der Waals surface area contributed by atoms with Gasteiger partial charge in [0.1, 0.15) is 0 Å². The number of aromatic amines is 1. The van der Waals surface area contributed by atoms with Crippen molar-refractivity contribution in [2.45, 2.75) is 53.4 Å². The van der Waals surface area contributed by atoms with E-state index in [1.165, 1.54) is 11.1 Å². The molecule has 0 aliphatic heterocycles. The third-order valence-corrected chi connectivity index (χ3v) is 2.06. The minimum absolute atomic E-state index is 0.638. The van der Waals surface area contributed by atoms with Crippen LogP contribution in [-0.2, 0) is 0 Å². The van der Waals surface area contributed by atoms with Gasteiger partial charge in [0.15, 0.2) is 0 Å². The molecule has 0 saturated carbocycles. The molecule has 1 aromatic heterocycles. The zero-order valence-corrected chi connectivity index (χ0v) is 9.81. The molecule has 1 nitrogen and oxygen atoms in total. The highest BCUT2D eigenvalue weighted by atomic mass is 14.6. The zero-order chi connectivity index (χ0) is 10.4. The van der Waals surface area contributed by atoms with E-state index >= 15 is 0 Å². The molecular formula is C12H23N. The molecule has 76 valence electrons. The van der Waals surface area contributed by atoms with Crippen LogP contribution >= 0.6 is 0 Å². The molecule has 0 fully saturated rings. The lowest BCUT2D eigenvalue weighted by atomic mass is 9.95. The molecule has 1 heteroatoms. The van der Waals surface area contributed by atoms with Gasteiger partial charge < -0.3 is 4.98 Å². The van der Waals surface area contributed by atoms with Gasteiger partial charge in [-0.2, -0.15) is 0 Å². The van der Waals surface area contributed by atoms with Crippen molar-refractivity contribution in [1.29, 1.82) is 0 Å². The fraction of sp³-hybridized carbons (Fsp3) is 0.667. The Kier molecular flexibility index (Phi) is 5.52. The van der Waals surface area contributed by atoms with Crippen LogP contribution in [0.15, 0.2) is 12.4 Å². The monoisotopic (exact) mass is 181 g/mol. The lowest BCUT2D eigenvalue weighted by molar-refractivity contribution is 0.798. The zero-order valence-electron chi connectivity index (χ0n) is 9.81. The second kappa shape index (κ2) is 5.85. The maximum Gasteiger partial charge on any atom is 0.00429 e. The number of nitrogens with one attached hydrogen (secondary N) is 1. The van der Waals surface area contributed by atoms with Gasteiger partial charge in [0, 0.05) is 12.4 Å². The van der Waals surface area contributed by atoms with Crippen LogP contribution in [0.3, 0.4) is 0 Å². The first-order chi connectivity index (χ1) is 6.13. The van der Waals surface area contributed by atoms with E-state index in [4.69, 9.17) is 0 Å². The second-order valence-corrected chi connectivity index (χ2v) is 3.68. The summed E-state index contributed by atoms with van der Waals surface area (Å²) in [5, 5.41) is 0. The summed E-state index contributed by atoms with van der Waals surface area (Å²) in [6.07, 6.45) is 4.22. The Bertz CT molecular complexity index is 198. The van der Waals surface area contributed by atoms with Crippen LogP contribution in [0.1, 0.15) is 64.5 Å². The second-order valence-electron chi connectivity index (χ2n) is 3.68. The number of aromatic nitrogens is 1. The van der Waals surface area contributed by atoms with E-state index in [9.17, 15) is 0 Å². The van der Waals surface area contributed by atoms with E-state index in [1.807, 2.05) is 13.8 Å². The van der Waals surface area contributed by atoms with Crippen molar-refractivity contribution in [3.05, 3.63) is 23.5 Å². The Morgan fingerprint density at radius 2 is 1.15 bits per heavy atom. The third-order valence-electron chi connectivity index (χ3n) is 2.06. The van der Waals surface area contributed by atoms with Crippen molar-refractivity contribution in [3.63, 3.8) is 0 Å². The predicted octanol–water partition coefficient (Wildman–Crippen LogP) is 4.29. The van der Waals surface area contributed by atoms with Crippen LogP contribution in [0, 0.1) is 0 Å². The predicted molar refractivity (Wildman–Crippen MR) is 60.3 cm³/mol. The average Bonchev–Trinajstić information content (AvgIpc) is 2.55. The summed E-state index contributed by atoms with van der Waals surface area (Å²) >= 11 is 0. The molecule has 0 aliphatic carbocycles. The minimum atomic E-state index is 0.638. The van der Waals surface area contributed by atoms with Gasteiger partial charge in [-0.25, -0.2) is 0 Å². The number of H-pyrrole nitrogens is 1. The maximum absolute atomic E-state index is 3.16. The van der Waals surface area contributed by atoms with Crippen molar-refractivity contribution in [3.8, 4) is 0 Å². The molecule has 0 spiro atoms. The van der Waals surface area contributed by atoms with Gasteiger partial charge in [0.25, 0.3) is 0 Å². The van der Waals surface area contributed by atoms with Crippen molar-refractivity contribution < 1.29 is 0 Å². The lowest BCUT2D eigenvalue weighted by Crippen LogP contribution is -1.93. The minimum Gasteiger partial charge on any atom is -0.367 e. The van der Waals surface area contributed by atoms with Gasteiger partial charge in [-0.15, -0.1) is 0 Å². The third kappa shape index (κ3) is 3.25. The Hall–Kier alpha value is -0.720. The van der Waals surface area contributed by atoms with Gasteiger partial charge in [0.2, 0.25) is 0 Å². The summed E-state index contributed by atoms with van der Waals surface area (Å²) in [5.41, 5.74) is 2.92. The smallest absolute Gasteiger partial charge is 0.00429 e. The number of hydrogen-bond donors (Lipinski definition) is 1. The molecule has 0 unspecified atom stereocenters.